The van der Waals surface area contributed by atoms with Crippen molar-refractivity contribution in [3.63, 3.8) is 0 Å². The van der Waals surface area contributed by atoms with Gasteiger partial charge in [0.1, 0.15) is 6.17 Å². The van der Waals surface area contributed by atoms with E-state index < -0.39 is 73.8 Å². The Bertz CT molecular complexity index is 1330. The number of carbonyl (C=O) groups is 2. The number of nitrogens with one attached hydrogen (secondary N) is 1. The smallest absolute Gasteiger partial charge is 0.266 e. The van der Waals surface area contributed by atoms with E-state index in [1.807, 2.05) is 4.72 Å². The van der Waals surface area contributed by atoms with E-state index >= 15 is 8.78 Å². The number of hydrogen-bond acceptors (Lipinski definition) is 6. The van der Waals surface area contributed by atoms with E-state index in [0.717, 1.165) is 6.08 Å². The van der Waals surface area contributed by atoms with Crippen molar-refractivity contribution in [2.75, 3.05) is 0 Å². The van der Waals surface area contributed by atoms with Gasteiger partial charge in [-0.1, -0.05) is 38.1 Å². The zero-order chi connectivity index (χ0) is 27.2. The Hall–Kier alpha value is -2.43. The number of rotatable bonds is 3. The molecule has 4 unspecified atom stereocenters. The number of halogens is 2. The topological polar surface area (TPSA) is 121 Å². The molecular formula is C27H31F2NO6S. The van der Waals surface area contributed by atoms with Crippen LogP contribution in [0.2, 0.25) is 0 Å². The Morgan fingerprint density at radius 3 is 2.43 bits per heavy atom. The quantitative estimate of drug-likeness (QED) is 0.548. The summed E-state index contributed by atoms with van der Waals surface area (Å²) in [6.07, 6.45) is -0.340. The molecule has 7 nitrogen and oxygen atoms in total. The zero-order valence-corrected chi connectivity index (χ0v) is 21.6. The molecule has 0 aliphatic heterocycles. The van der Waals surface area contributed by atoms with E-state index in [1.54, 1.807) is 19.9 Å². The number of hydrogen-bond donors (Lipinski definition) is 3. The third-order valence-electron chi connectivity index (χ3n) is 9.84. The SMILES string of the molecule is C[C@@H]1CC2C3C[C@H](F)C4=CC(=O)C=CC4(C)[C@@]3(F)[C@@H](O)CC2(C)[C@@]1(O)C(=O)NS(=O)(=O)c1ccccc1. The number of allylic oxidation sites excluding steroid dienone is 4. The average molecular weight is 536 g/mol. The van der Waals surface area contributed by atoms with Gasteiger partial charge in [0.15, 0.2) is 17.1 Å². The summed E-state index contributed by atoms with van der Waals surface area (Å²) in [5, 5.41) is 23.2. The molecule has 0 saturated heterocycles. The molecule has 3 saturated carbocycles. The van der Waals surface area contributed by atoms with Crippen molar-refractivity contribution in [3.05, 3.63) is 54.1 Å². The van der Waals surface area contributed by atoms with Gasteiger partial charge in [0.25, 0.3) is 15.9 Å². The summed E-state index contributed by atoms with van der Waals surface area (Å²) < 4.78 is 60.5. The van der Waals surface area contributed by atoms with Gasteiger partial charge in [0.2, 0.25) is 0 Å². The Morgan fingerprint density at radius 1 is 1.14 bits per heavy atom. The minimum atomic E-state index is -4.32. The molecule has 0 radical (unpaired) electrons. The van der Waals surface area contributed by atoms with Gasteiger partial charge in [-0.2, -0.15) is 0 Å². The molecule has 3 fully saturated rings. The van der Waals surface area contributed by atoms with Crippen LogP contribution < -0.4 is 4.72 Å². The molecule has 3 N–H and O–H groups in total. The maximum absolute atomic E-state index is 17.2. The van der Waals surface area contributed by atoms with Crippen molar-refractivity contribution in [2.45, 2.75) is 68.5 Å². The first-order valence-electron chi connectivity index (χ1n) is 12.4. The summed E-state index contributed by atoms with van der Waals surface area (Å²) in [4.78, 5) is 25.3. The molecule has 5 rings (SSSR count). The van der Waals surface area contributed by atoms with Crippen molar-refractivity contribution in [3.8, 4) is 0 Å². The molecule has 0 heterocycles. The molecule has 200 valence electrons. The molecule has 4 aliphatic carbocycles. The van der Waals surface area contributed by atoms with E-state index in [1.165, 1.54) is 43.3 Å². The summed E-state index contributed by atoms with van der Waals surface area (Å²) in [5.41, 5.74) is -7.70. The lowest BCUT2D eigenvalue weighted by Gasteiger charge is -2.62. The van der Waals surface area contributed by atoms with Crippen LogP contribution in [0.15, 0.2) is 59.0 Å². The van der Waals surface area contributed by atoms with Gasteiger partial charge >= 0.3 is 0 Å². The molecular weight excluding hydrogens is 504 g/mol. The third-order valence-corrected chi connectivity index (χ3v) is 11.2. The number of benzene rings is 1. The standard InChI is InChI=1S/C27H31F2NO6S/c1-15-11-18-19-13-21(28)20-12-16(31)9-10-24(20,2)26(19,29)22(32)14-25(18,3)27(15,34)23(33)30-37(35,36)17-7-5-4-6-8-17/h4-10,12,15,18-19,21-22,32,34H,11,13-14H2,1-3H3,(H,30,33)/t15-,18?,19?,21+,22+,24?,25?,26+,27+/m1/s1. The molecule has 4 aliphatic rings. The maximum atomic E-state index is 17.2. The molecule has 0 aromatic heterocycles. The van der Waals surface area contributed by atoms with Crippen LogP contribution in [0.1, 0.15) is 40.0 Å². The minimum Gasteiger partial charge on any atom is -0.390 e. The molecule has 37 heavy (non-hydrogen) atoms. The highest BCUT2D eigenvalue weighted by Gasteiger charge is 2.76. The largest absolute Gasteiger partial charge is 0.390 e. The molecule has 1 amide bonds. The molecule has 1 aromatic carbocycles. The lowest BCUT2D eigenvalue weighted by molar-refractivity contribution is -0.223. The predicted octanol–water partition coefficient (Wildman–Crippen LogP) is 2.79. The molecule has 1 aromatic rings. The van der Waals surface area contributed by atoms with Gasteiger partial charge < -0.3 is 10.2 Å². The van der Waals surface area contributed by atoms with Crippen molar-refractivity contribution in [1.82, 2.24) is 4.72 Å². The van der Waals surface area contributed by atoms with Crippen molar-refractivity contribution >= 4 is 21.7 Å². The second-order valence-electron chi connectivity index (χ2n) is 11.5. The lowest BCUT2D eigenvalue weighted by Crippen LogP contribution is -2.71. The van der Waals surface area contributed by atoms with Crippen LogP contribution in [-0.2, 0) is 19.6 Å². The summed E-state index contributed by atoms with van der Waals surface area (Å²) in [5.74, 6) is -4.25. The number of ketones is 1. The average Bonchev–Trinajstić information content (AvgIpc) is 3.04. The molecule has 9 atom stereocenters. The molecule has 0 bridgehead atoms. The normalized spacial score (nSPS) is 44.9. The number of sulfonamides is 1. The Kier molecular flexibility index (Phi) is 5.69. The van der Waals surface area contributed by atoms with Crippen molar-refractivity contribution in [2.24, 2.45) is 28.6 Å². The Labute approximate surface area is 214 Å². The summed E-state index contributed by atoms with van der Waals surface area (Å²) in [6, 6.07) is 7.22. The van der Waals surface area contributed by atoms with Crippen molar-refractivity contribution in [1.29, 1.82) is 0 Å². The fourth-order valence-electron chi connectivity index (χ4n) is 7.88. The van der Waals surface area contributed by atoms with Crippen LogP contribution in [0.4, 0.5) is 8.78 Å². The fourth-order valence-corrected chi connectivity index (χ4v) is 8.91. The van der Waals surface area contributed by atoms with Crippen LogP contribution in [0.5, 0.6) is 0 Å². The first kappa shape index (κ1) is 26.2. The maximum Gasteiger partial charge on any atom is 0.266 e. The number of carbonyl (C=O) groups excluding carboxylic acids is 2. The number of aliphatic hydroxyl groups is 2. The number of fused-ring (bicyclic) bond motifs is 5. The van der Waals surface area contributed by atoms with Gasteiger partial charge in [-0.25, -0.2) is 21.9 Å². The third kappa shape index (κ3) is 3.24. The van der Waals surface area contributed by atoms with Gasteiger partial charge in [-0.05, 0) is 67.9 Å². The van der Waals surface area contributed by atoms with Crippen molar-refractivity contribution < 1.29 is 37.0 Å². The number of amides is 1. The van der Waals surface area contributed by atoms with Gasteiger partial charge in [-0.3, -0.25) is 9.59 Å². The molecule has 0 spiro atoms. The highest BCUT2D eigenvalue weighted by molar-refractivity contribution is 7.90. The second-order valence-corrected chi connectivity index (χ2v) is 13.2. The first-order valence-corrected chi connectivity index (χ1v) is 13.9. The monoisotopic (exact) mass is 535 g/mol. The molecule has 10 heteroatoms. The van der Waals surface area contributed by atoms with E-state index in [-0.39, 0.29) is 29.7 Å². The van der Waals surface area contributed by atoms with E-state index in [4.69, 9.17) is 0 Å². The van der Waals surface area contributed by atoms with Gasteiger partial charge in [0, 0.05) is 16.7 Å². The van der Waals surface area contributed by atoms with E-state index in [2.05, 4.69) is 0 Å². The second kappa shape index (κ2) is 8.04. The number of aliphatic hydroxyl groups excluding tert-OH is 1. The highest BCUT2D eigenvalue weighted by Crippen LogP contribution is 2.70. The van der Waals surface area contributed by atoms with Crippen LogP contribution in [0.25, 0.3) is 0 Å². The Morgan fingerprint density at radius 2 is 1.78 bits per heavy atom. The summed E-state index contributed by atoms with van der Waals surface area (Å²) >= 11 is 0. The lowest BCUT2D eigenvalue weighted by atomic mass is 9.44. The Balaban J connectivity index is 1.55. The first-order chi connectivity index (χ1) is 17.1. The predicted molar refractivity (Wildman–Crippen MR) is 130 cm³/mol. The van der Waals surface area contributed by atoms with Crippen LogP contribution >= 0.6 is 0 Å². The van der Waals surface area contributed by atoms with E-state index in [0.29, 0.717) is 0 Å². The minimum absolute atomic E-state index is 0.0191. The zero-order valence-electron chi connectivity index (χ0n) is 20.8. The van der Waals surface area contributed by atoms with E-state index in [9.17, 15) is 28.2 Å². The number of alkyl halides is 2. The van der Waals surface area contributed by atoms with Gasteiger partial charge in [0.05, 0.1) is 11.0 Å². The fraction of sp³-hybridized carbons (Fsp3) is 0.556. The summed E-state index contributed by atoms with van der Waals surface area (Å²) in [6.45, 7) is 4.59. The van der Waals surface area contributed by atoms with Crippen LogP contribution in [-0.4, -0.2) is 53.9 Å². The summed E-state index contributed by atoms with van der Waals surface area (Å²) in [7, 11) is -4.32. The van der Waals surface area contributed by atoms with Crippen LogP contribution in [0.3, 0.4) is 0 Å². The van der Waals surface area contributed by atoms with Gasteiger partial charge in [-0.15, -0.1) is 0 Å². The van der Waals surface area contributed by atoms with Crippen LogP contribution in [0, 0.1) is 28.6 Å². The highest BCUT2D eigenvalue weighted by atomic mass is 32.2.